The maximum atomic E-state index is 11.5. The summed E-state index contributed by atoms with van der Waals surface area (Å²) >= 11 is 0.898. The summed E-state index contributed by atoms with van der Waals surface area (Å²) in [4.78, 5) is 22.9. The zero-order chi connectivity index (χ0) is 20.5. The number of hydrogen-bond donors (Lipinski definition) is 2. The van der Waals surface area contributed by atoms with Crippen LogP contribution in [0.2, 0.25) is 0 Å². The van der Waals surface area contributed by atoms with Crippen LogP contribution >= 0.6 is 11.8 Å². The lowest BCUT2D eigenvalue weighted by Crippen LogP contribution is -2.17. The number of thioether (sulfide) groups is 1. The zero-order valence-corrected chi connectivity index (χ0v) is 17.0. The number of benzene rings is 2. The van der Waals surface area contributed by atoms with Crippen LogP contribution in [0.3, 0.4) is 0 Å². The summed E-state index contributed by atoms with van der Waals surface area (Å²) in [5.74, 6) is 0.582. The number of carbonyl (C=O) groups excluding carboxylic acids is 2. The molecule has 3 rings (SSSR count). The van der Waals surface area contributed by atoms with E-state index in [0.717, 1.165) is 35.1 Å². The van der Waals surface area contributed by atoms with E-state index < -0.39 is 0 Å². The van der Waals surface area contributed by atoms with Gasteiger partial charge in [0.15, 0.2) is 0 Å². The van der Waals surface area contributed by atoms with Crippen molar-refractivity contribution in [3.05, 3.63) is 70.1 Å². The summed E-state index contributed by atoms with van der Waals surface area (Å²) < 4.78 is 5.06. The Morgan fingerprint density at radius 2 is 1.93 bits per heavy atom. The lowest BCUT2D eigenvalue weighted by atomic mass is 10.0. The Hall–Kier alpha value is -2.99. The molecule has 1 heterocycles. The number of nitrogen functional groups attached to an aromatic ring is 1. The third kappa shape index (κ3) is 5.76. The van der Waals surface area contributed by atoms with Crippen LogP contribution in [-0.2, 0) is 11.2 Å². The van der Waals surface area contributed by atoms with Crippen LogP contribution in [0.15, 0.2) is 53.4 Å². The van der Waals surface area contributed by atoms with Gasteiger partial charge in [-0.3, -0.25) is 14.9 Å². The molecule has 1 saturated heterocycles. The summed E-state index contributed by atoms with van der Waals surface area (Å²) in [5, 5.41) is 1.88. The molecule has 3 N–H and O–H groups in total. The molecule has 1 aliphatic heterocycles. The summed E-state index contributed by atoms with van der Waals surface area (Å²) in [6.45, 7) is 4.03. The Balaban J connectivity index is 0.000000237. The van der Waals surface area contributed by atoms with Crippen LogP contribution in [0.5, 0.6) is 5.75 Å². The second-order valence-corrected chi connectivity index (χ2v) is 6.92. The number of ether oxygens (including phenoxy) is 1. The van der Waals surface area contributed by atoms with Gasteiger partial charge in [-0.1, -0.05) is 43.3 Å². The largest absolute Gasteiger partial charge is 0.497 e. The normalized spacial score (nSPS) is 14.8. The molecule has 0 bridgehead atoms. The molecule has 0 saturated carbocycles. The summed E-state index contributed by atoms with van der Waals surface area (Å²) in [5.41, 5.74) is 9.51. The Kier molecular flexibility index (Phi) is 7.89. The van der Waals surface area contributed by atoms with Gasteiger partial charge in [-0.15, -0.1) is 0 Å². The van der Waals surface area contributed by atoms with Gasteiger partial charge in [0, 0.05) is 11.3 Å². The van der Waals surface area contributed by atoms with Gasteiger partial charge in [0.2, 0.25) is 0 Å². The molecule has 0 unspecified atom stereocenters. The second kappa shape index (κ2) is 10.4. The number of amides is 2. The van der Waals surface area contributed by atoms with Crippen molar-refractivity contribution < 1.29 is 14.3 Å². The average molecular weight is 397 g/mol. The van der Waals surface area contributed by atoms with Crippen LogP contribution in [0.4, 0.5) is 10.5 Å². The van der Waals surface area contributed by atoms with Gasteiger partial charge in [-0.05, 0) is 60.5 Å². The summed E-state index contributed by atoms with van der Waals surface area (Å²) in [6, 6.07) is 13.6. The SMILES string of the molecule is C/C=C\c1c(N)cccc1/C=C1\SC(=O)NC1=O.CCc1cccc(OC)c1. The first-order valence-electron chi connectivity index (χ1n) is 8.87. The van der Waals surface area contributed by atoms with Gasteiger partial charge < -0.3 is 10.5 Å². The van der Waals surface area contributed by atoms with Gasteiger partial charge in [0.05, 0.1) is 12.0 Å². The number of methoxy groups -OCH3 is 1. The highest BCUT2D eigenvalue weighted by Crippen LogP contribution is 2.28. The molecule has 0 aliphatic carbocycles. The molecule has 5 nitrogen and oxygen atoms in total. The number of nitrogens with one attached hydrogen (secondary N) is 1. The molecule has 0 atom stereocenters. The quantitative estimate of drug-likeness (QED) is 0.568. The standard InChI is InChI=1S/C13H12N2O2S.C9H12O/c1-2-4-9-8(5-3-6-10(9)14)7-11-12(16)15-13(17)18-11;1-3-8-5-4-6-9(7-8)10-2/h2-7H,14H2,1H3,(H,15,16,17);4-7H,3H2,1-2H3/b4-2-,11-7-;. The number of carbonyl (C=O) groups is 2. The Morgan fingerprint density at radius 1 is 1.18 bits per heavy atom. The van der Waals surface area contributed by atoms with E-state index in [0.29, 0.717) is 10.6 Å². The van der Waals surface area contributed by atoms with E-state index in [1.54, 1.807) is 19.3 Å². The molecule has 6 heteroatoms. The van der Waals surface area contributed by atoms with Crippen molar-refractivity contribution in [1.29, 1.82) is 0 Å². The zero-order valence-electron chi connectivity index (χ0n) is 16.2. The molecule has 2 amide bonds. The molecule has 28 heavy (non-hydrogen) atoms. The minimum Gasteiger partial charge on any atom is -0.497 e. The van der Waals surface area contributed by atoms with Crippen LogP contribution < -0.4 is 15.8 Å². The van der Waals surface area contributed by atoms with Crippen LogP contribution in [0, 0.1) is 0 Å². The first-order valence-corrected chi connectivity index (χ1v) is 9.69. The van der Waals surface area contributed by atoms with E-state index in [1.165, 1.54) is 5.56 Å². The maximum Gasteiger partial charge on any atom is 0.290 e. The average Bonchev–Trinajstić information content (AvgIpc) is 3.02. The second-order valence-electron chi connectivity index (χ2n) is 5.91. The Labute approximate surface area is 169 Å². The van der Waals surface area contributed by atoms with Gasteiger partial charge >= 0.3 is 0 Å². The van der Waals surface area contributed by atoms with E-state index >= 15 is 0 Å². The van der Waals surface area contributed by atoms with Crippen molar-refractivity contribution in [2.75, 3.05) is 12.8 Å². The van der Waals surface area contributed by atoms with Crippen LogP contribution in [0.25, 0.3) is 12.2 Å². The number of anilines is 1. The predicted molar refractivity (Wildman–Crippen MR) is 117 cm³/mol. The monoisotopic (exact) mass is 396 g/mol. The highest BCUT2D eigenvalue weighted by atomic mass is 32.2. The molecule has 0 aromatic heterocycles. The molecule has 1 aliphatic rings. The smallest absolute Gasteiger partial charge is 0.290 e. The third-order valence-corrected chi connectivity index (χ3v) is 4.79. The number of nitrogens with two attached hydrogens (primary N) is 1. The third-order valence-electron chi connectivity index (χ3n) is 3.98. The fraction of sp³-hybridized carbons (Fsp3) is 0.182. The Morgan fingerprint density at radius 3 is 2.54 bits per heavy atom. The highest BCUT2D eigenvalue weighted by Gasteiger charge is 2.25. The van der Waals surface area contributed by atoms with E-state index in [4.69, 9.17) is 10.5 Å². The van der Waals surface area contributed by atoms with E-state index in [-0.39, 0.29) is 11.1 Å². The number of aryl methyl sites for hydroxylation is 1. The lowest BCUT2D eigenvalue weighted by molar-refractivity contribution is -0.115. The lowest BCUT2D eigenvalue weighted by Gasteiger charge is -2.05. The van der Waals surface area contributed by atoms with Gasteiger partial charge in [0.1, 0.15) is 5.75 Å². The number of allylic oxidation sites excluding steroid dienone is 1. The first kappa shape index (κ1) is 21.3. The van der Waals surface area contributed by atoms with Crippen molar-refractivity contribution in [3.8, 4) is 5.75 Å². The van der Waals surface area contributed by atoms with Crippen LogP contribution in [0.1, 0.15) is 30.5 Å². The Bertz CT molecular complexity index is 900. The van der Waals surface area contributed by atoms with E-state index in [9.17, 15) is 9.59 Å². The summed E-state index contributed by atoms with van der Waals surface area (Å²) in [6.07, 6.45) is 6.50. The topological polar surface area (TPSA) is 81.4 Å². The van der Waals surface area contributed by atoms with Gasteiger partial charge in [-0.25, -0.2) is 0 Å². The number of rotatable bonds is 4. The highest BCUT2D eigenvalue weighted by molar-refractivity contribution is 8.18. The van der Waals surface area contributed by atoms with Crippen molar-refractivity contribution in [1.82, 2.24) is 5.32 Å². The fourth-order valence-electron chi connectivity index (χ4n) is 2.54. The molecule has 2 aromatic carbocycles. The first-order chi connectivity index (χ1) is 13.5. The molecule has 2 aromatic rings. The predicted octanol–water partition coefficient (Wildman–Crippen LogP) is 4.88. The molecule has 0 spiro atoms. The minimum atomic E-state index is -0.362. The number of imide groups is 1. The van der Waals surface area contributed by atoms with Gasteiger partial charge in [0.25, 0.3) is 11.1 Å². The molecular weight excluding hydrogens is 372 g/mol. The fourth-order valence-corrected chi connectivity index (χ4v) is 3.21. The minimum absolute atomic E-state index is 0.345. The van der Waals surface area contributed by atoms with E-state index in [2.05, 4.69) is 24.4 Å². The van der Waals surface area contributed by atoms with Crippen molar-refractivity contribution >= 4 is 40.7 Å². The maximum absolute atomic E-state index is 11.5. The van der Waals surface area contributed by atoms with Gasteiger partial charge in [-0.2, -0.15) is 0 Å². The van der Waals surface area contributed by atoms with Crippen molar-refractivity contribution in [2.24, 2.45) is 0 Å². The number of hydrogen-bond acceptors (Lipinski definition) is 5. The molecule has 1 fully saturated rings. The van der Waals surface area contributed by atoms with Crippen molar-refractivity contribution in [2.45, 2.75) is 20.3 Å². The van der Waals surface area contributed by atoms with Crippen molar-refractivity contribution in [3.63, 3.8) is 0 Å². The van der Waals surface area contributed by atoms with E-state index in [1.807, 2.05) is 43.3 Å². The van der Waals surface area contributed by atoms with Crippen LogP contribution in [-0.4, -0.2) is 18.3 Å². The summed E-state index contributed by atoms with van der Waals surface area (Å²) in [7, 11) is 1.69. The molecule has 146 valence electrons. The molecule has 0 radical (unpaired) electrons. The molecular formula is C22H24N2O3S.